The van der Waals surface area contributed by atoms with Gasteiger partial charge in [-0.1, -0.05) is 172 Å². The van der Waals surface area contributed by atoms with Crippen LogP contribution in [-0.2, 0) is 21.7 Å². The zero-order valence-corrected chi connectivity index (χ0v) is 28.7. The summed E-state index contributed by atoms with van der Waals surface area (Å²) in [6, 6.07) is 10.3. The fourth-order valence-electron chi connectivity index (χ4n) is 4.31. The Labute approximate surface area is 252 Å². The molecule has 0 fully saturated rings. The molecule has 0 aromatic heterocycles. The van der Waals surface area contributed by atoms with E-state index in [1.54, 1.807) is 0 Å². The van der Waals surface area contributed by atoms with Gasteiger partial charge in [-0.05, 0) is 0 Å². The van der Waals surface area contributed by atoms with Gasteiger partial charge in [0.25, 0.3) is 0 Å². The summed E-state index contributed by atoms with van der Waals surface area (Å²) < 4.78 is 0. The fraction of sp³-hybridized carbons (Fsp3) is 0.676. The van der Waals surface area contributed by atoms with Gasteiger partial charge in [-0.2, -0.15) is 17.7 Å². The number of allylic oxidation sites excluding steroid dienone is 4. The Balaban J connectivity index is -0.000000529. The molecule has 1 aromatic rings. The molecule has 210 valence electrons. The molecule has 1 nitrogen and oxygen atoms in total. The molecule has 1 aromatic carbocycles. The van der Waals surface area contributed by atoms with E-state index < -0.39 is 0 Å². The number of benzene rings is 1. The van der Waals surface area contributed by atoms with Crippen LogP contribution in [0.4, 0.5) is 0 Å². The molecule has 1 atom stereocenters. The molecule has 1 aliphatic rings. The Kier molecular flexibility index (Phi) is 33.5. The molecule has 1 unspecified atom stereocenters. The minimum Gasteiger partial charge on any atom is -0.677 e. The van der Waals surface area contributed by atoms with Crippen molar-refractivity contribution in [3.63, 3.8) is 0 Å². The molecule has 0 heterocycles. The molecule has 0 bridgehead atoms. The topological polar surface area (TPSA) is 23.8 Å². The summed E-state index contributed by atoms with van der Waals surface area (Å²) in [5.74, 6) is 0.560. The van der Waals surface area contributed by atoms with Crippen LogP contribution in [0.5, 0.6) is 0 Å². The van der Waals surface area contributed by atoms with Gasteiger partial charge in [0.15, 0.2) is 0 Å². The van der Waals surface area contributed by atoms with E-state index in [1.165, 1.54) is 118 Å². The van der Waals surface area contributed by atoms with Crippen LogP contribution in [0.25, 0.3) is 5.73 Å². The summed E-state index contributed by atoms with van der Waals surface area (Å²) in [7, 11) is 1.90. The molecule has 0 saturated heterocycles. The molecule has 1 N–H and O–H groups in total. The fourth-order valence-corrected chi connectivity index (χ4v) is 4.59. The van der Waals surface area contributed by atoms with Crippen molar-refractivity contribution in [3.8, 4) is 0 Å². The van der Waals surface area contributed by atoms with Gasteiger partial charge in [0.1, 0.15) is 0 Å². The third kappa shape index (κ3) is 25.6. The van der Waals surface area contributed by atoms with Gasteiger partial charge in [0.2, 0.25) is 0 Å². The van der Waals surface area contributed by atoms with Gasteiger partial charge in [0, 0.05) is 10.2 Å². The maximum absolute atomic E-state index is 7.08. The normalized spacial score (nSPS) is 13.9. The zero-order chi connectivity index (χ0) is 26.2. The Bertz CT molecular complexity index is 637. The Hall–Kier alpha value is -0.409. The van der Waals surface area contributed by atoms with E-state index in [0.717, 1.165) is 6.42 Å². The average molecular weight is 560 g/mol. The second kappa shape index (κ2) is 30.1. The largest absolute Gasteiger partial charge is 3.00 e. The molecule has 0 spiro atoms. The minimum atomic E-state index is 0. The zero-order valence-electron chi connectivity index (χ0n) is 25.7. The predicted octanol–water partition coefficient (Wildman–Crippen LogP) is 10.4. The van der Waals surface area contributed by atoms with E-state index in [-0.39, 0.29) is 29.1 Å². The summed E-state index contributed by atoms with van der Waals surface area (Å²) in [6.07, 6.45) is 25.9. The van der Waals surface area contributed by atoms with E-state index in [0.29, 0.717) is 12.5 Å². The van der Waals surface area contributed by atoms with Crippen LogP contribution in [0.15, 0.2) is 47.1 Å². The molecule has 0 saturated carbocycles. The number of hydrogen-bond donors (Lipinski definition) is 0. The summed E-state index contributed by atoms with van der Waals surface area (Å²) in [5.41, 5.74) is 11.3. The maximum Gasteiger partial charge on any atom is 3.00 e. The SMILES string of the molecule is CC1=[C-]C(C)C(C)=C1C.CCCCCCCCCCCCCCCCCC[NH-].[CH3-].[SiH2]c1ccccc1.[Ti+3]. The molecule has 37 heavy (non-hydrogen) atoms. The van der Waals surface area contributed by atoms with Gasteiger partial charge in [-0.15, -0.1) is 6.92 Å². The van der Waals surface area contributed by atoms with Crippen LogP contribution < -0.4 is 5.19 Å². The second-order valence-corrected chi connectivity index (χ2v) is 11.2. The summed E-state index contributed by atoms with van der Waals surface area (Å²) in [6.45, 7) is 11.6. The van der Waals surface area contributed by atoms with Crippen LogP contribution >= 0.6 is 0 Å². The molecule has 0 amide bonds. The van der Waals surface area contributed by atoms with E-state index in [4.69, 9.17) is 5.73 Å². The van der Waals surface area contributed by atoms with Crippen molar-refractivity contribution in [2.24, 2.45) is 5.92 Å². The first-order valence-electron chi connectivity index (χ1n) is 14.7. The van der Waals surface area contributed by atoms with Crippen molar-refractivity contribution < 1.29 is 21.7 Å². The monoisotopic (exact) mass is 559 g/mol. The molecular formula is C34H61NSiTi. The van der Waals surface area contributed by atoms with Crippen molar-refractivity contribution in [2.75, 3.05) is 6.54 Å². The number of rotatable bonds is 16. The van der Waals surface area contributed by atoms with Gasteiger partial charge in [-0.3, -0.25) is 6.08 Å². The first kappa shape index (κ1) is 41.1. The average Bonchev–Trinajstić information content (AvgIpc) is 3.08. The number of unbranched alkanes of at least 4 members (excludes halogenated alkanes) is 15. The smallest absolute Gasteiger partial charge is 0.677 e. The van der Waals surface area contributed by atoms with E-state index in [9.17, 15) is 0 Å². The number of nitrogens with one attached hydrogen (secondary N) is 1. The molecular weight excluding hydrogens is 498 g/mol. The van der Waals surface area contributed by atoms with Crippen molar-refractivity contribution in [1.82, 2.24) is 0 Å². The minimum absolute atomic E-state index is 0. The molecule has 3 heteroatoms. The van der Waals surface area contributed by atoms with Crippen molar-refractivity contribution in [2.45, 2.75) is 137 Å². The standard InChI is InChI=1S/C18H38N.C9H13.C6H7Si.CH3.Ti/c1-2-3-4-5-6-7-8-9-10-11-12-13-14-15-16-17-18-19;1-6-5-7(2)9(4)8(6)3;7-6-4-2-1-3-5-6;;/h19H,2-18H2,1H3;6H,1-4H3;1-5H,7H2;1H3;/q2*-1;;-1;+3. The van der Waals surface area contributed by atoms with Crippen LogP contribution in [-0.4, -0.2) is 16.8 Å². The number of hydrogen-bond acceptors (Lipinski definition) is 0. The second-order valence-electron chi connectivity index (χ2n) is 10.3. The quantitative estimate of drug-likeness (QED) is 0.109. The Morgan fingerprint density at radius 2 is 1.08 bits per heavy atom. The molecule has 2 radical (unpaired) electrons. The molecule has 2 rings (SSSR count). The molecule has 1 aliphatic carbocycles. The van der Waals surface area contributed by atoms with Crippen LogP contribution in [0.3, 0.4) is 0 Å². The predicted molar refractivity (Wildman–Crippen MR) is 170 cm³/mol. The van der Waals surface area contributed by atoms with Crippen molar-refractivity contribution >= 4 is 15.4 Å². The summed E-state index contributed by atoms with van der Waals surface area (Å²) >= 11 is 0. The van der Waals surface area contributed by atoms with Gasteiger partial charge < -0.3 is 13.2 Å². The first-order chi connectivity index (χ1) is 16.9. The van der Waals surface area contributed by atoms with Crippen LogP contribution in [0.1, 0.15) is 137 Å². The van der Waals surface area contributed by atoms with Gasteiger partial charge in [-0.25, -0.2) is 5.57 Å². The van der Waals surface area contributed by atoms with E-state index in [2.05, 4.69) is 52.8 Å². The Morgan fingerprint density at radius 1 is 0.703 bits per heavy atom. The van der Waals surface area contributed by atoms with Gasteiger partial charge >= 0.3 is 21.7 Å². The Morgan fingerprint density at radius 3 is 1.30 bits per heavy atom. The van der Waals surface area contributed by atoms with Crippen molar-refractivity contribution in [1.29, 1.82) is 0 Å². The van der Waals surface area contributed by atoms with Crippen LogP contribution in [0.2, 0.25) is 0 Å². The van der Waals surface area contributed by atoms with E-state index >= 15 is 0 Å². The first-order valence-corrected chi connectivity index (χ1v) is 15.4. The summed E-state index contributed by atoms with van der Waals surface area (Å²) in [5, 5.41) is 1.35. The van der Waals surface area contributed by atoms with Crippen LogP contribution in [0, 0.1) is 19.4 Å². The van der Waals surface area contributed by atoms with Crippen molar-refractivity contribution in [3.05, 3.63) is 66.3 Å². The van der Waals surface area contributed by atoms with Gasteiger partial charge in [0.05, 0.1) is 0 Å². The third-order valence-corrected chi connectivity index (χ3v) is 7.58. The summed E-state index contributed by atoms with van der Waals surface area (Å²) in [4.78, 5) is 0. The maximum atomic E-state index is 7.08. The van der Waals surface area contributed by atoms with E-state index in [1.807, 2.05) is 28.4 Å². The molecule has 0 aliphatic heterocycles. The third-order valence-electron chi connectivity index (χ3n) is 7.11.